The van der Waals surface area contributed by atoms with E-state index < -0.39 is 0 Å². The average Bonchev–Trinajstić information content (AvgIpc) is 2.40. The van der Waals surface area contributed by atoms with Crippen molar-refractivity contribution < 1.29 is 4.79 Å². The molecule has 2 aromatic rings. The largest absolute Gasteiger partial charge is 0.324 e. The van der Waals surface area contributed by atoms with Gasteiger partial charge >= 0.3 is 0 Å². The SMILES string of the molecule is Cc1cc(C)c(NC(=O)CSc2nncc(=O)[nH]2)c(Cl)c1. The van der Waals surface area contributed by atoms with Gasteiger partial charge in [-0.2, -0.15) is 5.10 Å². The first-order valence-corrected chi connectivity index (χ1v) is 7.43. The number of anilines is 1. The lowest BCUT2D eigenvalue weighted by molar-refractivity contribution is -0.113. The van der Waals surface area contributed by atoms with E-state index in [4.69, 9.17) is 11.6 Å². The Labute approximate surface area is 130 Å². The Hall–Kier alpha value is -1.86. The fourth-order valence-electron chi connectivity index (χ4n) is 1.74. The zero-order chi connectivity index (χ0) is 15.4. The third kappa shape index (κ3) is 4.30. The van der Waals surface area contributed by atoms with Gasteiger partial charge in [0.2, 0.25) is 5.91 Å². The summed E-state index contributed by atoms with van der Waals surface area (Å²) in [6, 6.07) is 3.73. The van der Waals surface area contributed by atoms with Gasteiger partial charge in [-0.15, -0.1) is 5.10 Å². The van der Waals surface area contributed by atoms with Crippen molar-refractivity contribution in [2.24, 2.45) is 0 Å². The molecule has 0 saturated carbocycles. The molecule has 2 rings (SSSR count). The predicted molar refractivity (Wildman–Crippen MR) is 82.9 cm³/mol. The van der Waals surface area contributed by atoms with Crippen LogP contribution in [0.25, 0.3) is 0 Å². The van der Waals surface area contributed by atoms with E-state index in [9.17, 15) is 9.59 Å². The van der Waals surface area contributed by atoms with Gasteiger partial charge in [0, 0.05) is 0 Å². The zero-order valence-electron chi connectivity index (χ0n) is 11.4. The Kier molecular flexibility index (Phi) is 4.98. The highest BCUT2D eigenvalue weighted by atomic mass is 35.5. The van der Waals surface area contributed by atoms with E-state index in [0.29, 0.717) is 15.9 Å². The third-order valence-electron chi connectivity index (χ3n) is 2.59. The second-order valence-electron chi connectivity index (χ2n) is 4.41. The maximum atomic E-state index is 11.9. The summed E-state index contributed by atoms with van der Waals surface area (Å²) in [4.78, 5) is 25.5. The highest BCUT2D eigenvalue weighted by Gasteiger charge is 2.10. The number of carbonyl (C=O) groups excluding carboxylic acids is 1. The van der Waals surface area contributed by atoms with Crippen LogP contribution in [-0.2, 0) is 4.79 Å². The normalized spacial score (nSPS) is 10.4. The highest BCUT2D eigenvalue weighted by molar-refractivity contribution is 7.99. The van der Waals surface area contributed by atoms with E-state index >= 15 is 0 Å². The monoisotopic (exact) mass is 324 g/mol. The molecule has 1 heterocycles. The lowest BCUT2D eigenvalue weighted by Crippen LogP contribution is -2.16. The Morgan fingerprint density at radius 3 is 2.86 bits per heavy atom. The quantitative estimate of drug-likeness (QED) is 0.841. The molecule has 0 radical (unpaired) electrons. The number of nitrogens with one attached hydrogen (secondary N) is 2. The molecule has 110 valence electrons. The molecule has 0 aliphatic heterocycles. The van der Waals surface area contributed by atoms with Gasteiger partial charge < -0.3 is 5.32 Å². The number of nitrogens with zero attached hydrogens (tertiary/aromatic N) is 2. The number of halogens is 1. The maximum Gasteiger partial charge on any atom is 0.270 e. The molecule has 0 spiro atoms. The third-order valence-corrected chi connectivity index (χ3v) is 3.75. The highest BCUT2D eigenvalue weighted by Crippen LogP contribution is 2.27. The van der Waals surface area contributed by atoms with Crippen molar-refractivity contribution in [1.29, 1.82) is 0 Å². The minimum absolute atomic E-state index is 0.0955. The Morgan fingerprint density at radius 2 is 2.19 bits per heavy atom. The maximum absolute atomic E-state index is 11.9. The van der Waals surface area contributed by atoms with Crippen molar-refractivity contribution in [3.8, 4) is 0 Å². The molecule has 0 atom stereocenters. The first kappa shape index (κ1) is 15.5. The van der Waals surface area contributed by atoms with Gasteiger partial charge in [-0.1, -0.05) is 29.4 Å². The summed E-state index contributed by atoms with van der Waals surface area (Å²) in [5.74, 6) is -0.140. The Balaban J connectivity index is 2.01. The average molecular weight is 325 g/mol. The van der Waals surface area contributed by atoms with Crippen LogP contribution in [0.3, 0.4) is 0 Å². The van der Waals surface area contributed by atoms with Crippen LogP contribution in [0, 0.1) is 13.8 Å². The van der Waals surface area contributed by atoms with Gasteiger partial charge in [-0.05, 0) is 31.0 Å². The smallest absolute Gasteiger partial charge is 0.270 e. The standard InChI is InChI=1S/C13H13ClN4O2S/c1-7-3-8(2)12(9(14)4-7)16-11(20)6-21-13-17-10(19)5-15-18-13/h3-5H,6H2,1-2H3,(H,16,20)(H,17,18,19). The number of benzene rings is 1. The number of aromatic amines is 1. The first-order valence-electron chi connectivity index (χ1n) is 6.07. The fraction of sp³-hybridized carbons (Fsp3) is 0.231. The minimum atomic E-state index is -0.356. The van der Waals surface area contributed by atoms with Gasteiger partial charge in [0.25, 0.3) is 5.56 Å². The summed E-state index contributed by atoms with van der Waals surface area (Å²) in [5.41, 5.74) is 2.17. The van der Waals surface area contributed by atoms with E-state index in [-0.39, 0.29) is 17.2 Å². The van der Waals surface area contributed by atoms with Gasteiger partial charge in [0.05, 0.1) is 16.5 Å². The lowest BCUT2D eigenvalue weighted by atomic mass is 10.1. The summed E-state index contributed by atoms with van der Waals surface area (Å²) < 4.78 is 0. The van der Waals surface area contributed by atoms with Crippen molar-refractivity contribution >= 4 is 35.0 Å². The van der Waals surface area contributed by atoms with Crippen LogP contribution in [0.1, 0.15) is 11.1 Å². The second-order valence-corrected chi connectivity index (χ2v) is 5.79. The number of rotatable bonds is 4. The van der Waals surface area contributed by atoms with Gasteiger partial charge in [-0.3, -0.25) is 14.6 Å². The molecular formula is C13H13ClN4O2S. The van der Waals surface area contributed by atoms with Crippen molar-refractivity contribution in [1.82, 2.24) is 15.2 Å². The van der Waals surface area contributed by atoms with Crippen LogP contribution < -0.4 is 10.9 Å². The fourth-order valence-corrected chi connectivity index (χ4v) is 2.73. The summed E-state index contributed by atoms with van der Waals surface area (Å²) >= 11 is 7.22. The molecule has 21 heavy (non-hydrogen) atoms. The number of aromatic nitrogens is 3. The number of H-pyrrole nitrogens is 1. The summed E-state index contributed by atoms with van der Waals surface area (Å²) in [6.45, 7) is 3.81. The molecule has 0 saturated heterocycles. The van der Waals surface area contributed by atoms with Crippen molar-refractivity contribution in [2.45, 2.75) is 19.0 Å². The van der Waals surface area contributed by atoms with Crippen molar-refractivity contribution in [2.75, 3.05) is 11.1 Å². The van der Waals surface area contributed by atoms with Crippen LogP contribution in [0.5, 0.6) is 0 Å². The van der Waals surface area contributed by atoms with Gasteiger partial charge in [0.1, 0.15) is 6.20 Å². The Morgan fingerprint density at radius 1 is 1.43 bits per heavy atom. The minimum Gasteiger partial charge on any atom is -0.324 e. The summed E-state index contributed by atoms with van der Waals surface area (Å²) in [5, 5.41) is 10.8. The number of hydrogen-bond donors (Lipinski definition) is 2. The first-order chi connectivity index (χ1) is 9.95. The molecule has 8 heteroatoms. The molecule has 1 aromatic carbocycles. The molecule has 6 nitrogen and oxygen atoms in total. The Bertz CT molecular complexity index is 709. The van der Waals surface area contributed by atoms with Gasteiger partial charge in [-0.25, -0.2) is 0 Å². The number of aryl methyl sites for hydroxylation is 2. The molecule has 0 fully saturated rings. The van der Waals surface area contributed by atoms with E-state index in [1.54, 1.807) is 6.07 Å². The molecule has 0 bridgehead atoms. The van der Waals surface area contributed by atoms with Crippen molar-refractivity contribution in [3.63, 3.8) is 0 Å². The number of amides is 1. The van der Waals surface area contributed by atoms with Crippen molar-refractivity contribution in [3.05, 3.63) is 44.8 Å². The topological polar surface area (TPSA) is 87.7 Å². The summed E-state index contributed by atoms with van der Waals surface area (Å²) in [6.07, 6.45) is 1.07. The molecule has 0 aliphatic carbocycles. The molecule has 0 aliphatic rings. The van der Waals surface area contributed by atoms with Crippen LogP contribution in [-0.4, -0.2) is 26.8 Å². The van der Waals surface area contributed by atoms with E-state index in [2.05, 4.69) is 20.5 Å². The van der Waals surface area contributed by atoms with Crippen LogP contribution in [0.2, 0.25) is 5.02 Å². The molecular weight excluding hydrogens is 312 g/mol. The van der Waals surface area contributed by atoms with Crippen LogP contribution in [0.15, 0.2) is 28.3 Å². The van der Waals surface area contributed by atoms with E-state index in [1.807, 2.05) is 19.9 Å². The van der Waals surface area contributed by atoms with Crippen LogP contribution >= 0.6 is 23.4 Å². The lowest BCUT2D eigenvalue weighted by Gasteiger charge is -2.11. The number of carbonyl (C=O) groups is 1. The summed E-state index contributed by atoms with van der Waals surface area (Å²) in [7, 11) is 0. The van der Waals surface area contributed by atoms with E-state index in [1.165, 1.54) is 0 Å². The molecule has 0 unspecified atom stereocenters. The molecule has 1 aromatic heterocycles. The second kappa shape index (κ2) is 6.73. The molecule has 2 N–H and O–H groups in total. The molecule has 1 amide bonds. The van der Waals surface area contributed by atoms with Gasteiger partial charge in [0.15, 0.2) is 5.16 Å². The van der Waals surface area contributed by atoms with E-state index in [0.717, 1.165) is 29.1 Å². The predicted octanol–water partition coefficient (Wildman–Crippen LogP) is 2.17. The zero-order valence-corrected chi connectivity index (χ0v) is 13.0. The number of hydrogen-bond acceptors (Lipinski definition) is 5. The van der Waals surface area contributed by atoms with Crippen LogP contribution in [0.4, 0.5) is 5.69 Å². The number of thioether (sulfide) groups is 1.